The van der Waals surface area contributed by atoms with E-state index in [1.165, 1.54) is 26.0 Å². The number of hydrogen-bond acceptors (Lipinski definition) is 14. The Kier molecular flexibility index (Phi) is 11.8. The van der Waals surface area contributed by atoms with Gasteiger partial charge >= 0.3 is 23.9 Å². The number of carbonyl (C=O) groups excluding carboxylic acids is 6. The smallest absolute Gasteiger partial charge is 0.338 e. The number of amides is 1. The summed E-state index contributed by atoms with van der Waals surface area (Å²) < 4.78 is 30.2. The van der Waals surface area contributed by atoms with Gasteiger partial charge in [0.1, 0.15) is 23.9 Å². The van der Waals surface area contributed by atoms with Gasteiger partial charge in [0.25, 0.3) is 0 Å². The van der Waals surface area contributed by atoms with Gasteiger partial charge in [-0.15, -0.1) is 0 Å². The van der Waals surface area contributed by atoms with Gasteiger partial charge in [-0.25, -0.2) is 9.59 Å². The Hall–Kier alpha value is -4.96. The summed E-state index contributed by atoms with van der Waals surface area (Å²) >= 11 is 0. The van der Waals surface area contributed by atoms with Crippen molar-refractivity contribution in [3.63, 3.8) is 0 Å². The summed E-state index contributed by atoms with van der Waals surface area (Å²) in [5.74, 6) is -7.15. The second-order valence-corrected chi connectivity index (χ2v) is 17.2. The van der Waals surface area contributed by atoms with E-state index in [4.69, 9.17) is 23.7 Å². The number of ether oxygens (including phenoxy) is 5. The van der Waals surface area contributed by atoms with Gasteiger partial charge in [0.15, 0.2) is 23.6 Å². The third-order valence-corrected chi connectivity index (χ3v) is 13.0. The van der Waals surface area contributed by atoms with Gasteiger partial charge in [-0.2, -0.15) is 0 Å². The van der Waals surface area contributed by atoms with Crippen LogP contribution in [0.3, 0.4) is 0 Å². The van der Waals surface area contributed by atoms with Crippen LogP contribution < -0.4 is 5.32 Å². The van der Waals surface area contributed by atoms with E-state index in [2.05, 4.69) is 5.32 Å². The second-order valence-electron chi connectivity index (χ2n) is 17.2. The van der Waals surface area contributed by atoms with E-state index in [1.54, 1.807) is 76.2 Å². The molecule has 0 aromatic heterocycles. The summed E-state index contributed by atoms with van der Waals surface area (Å²) in [5.41, 5.74) is -7.16. The van der Waals surface area contributed by atoms with Crippen molar-refractivity contribution in [2.45, 2.75) is 122 Å². The Balaban J connectivity index is 1.56. The number of rotatable bonds is 10. The summed E-state index contributed by atoms with van der Waals surface area (Å²) in [6.07, 6.45) is -10.4. The molecule has 4 aliphatic rings. The number of fused-ring (bicyclic) bond motifs is 5. The first-order valence-electron chi connectivity index (χ1n) is 19.8. The molecule has 3 aliphatic carbocycles. The number of aliphatic hydroxyl groups is 3. The minimum absolute atomic E-state index is 0.00705. The molecule has 0 unspecified atom stereocenters. The molecular weight excluding hydrogens is 766 g/mol. The summed E-state index contributed by atoms with van der Waals surface area (Å²) in [4.78, 5) is 82.6. The molecule has 2 saturated carbocycles. The van der Waals surface area contributed by atoms with Crippen LogP contribution in [0.25, 0.3) is 0 Å². The second kappa shape index (κ2) is 15.9. The first kappa shape index (κ1) is 43.6. The number of hydrogen-bond donors (Lipinski definition) is 4. The monoisotopic (exact) mass is 819 g/mol. The largest absolute Gasteiger partial charge is 0.456 e. The van der Waals surface area contributed by atoms with Gasteiger partial charge in [-0.05, 0) is 42.7 Å². The number of Topliss-reactive ketones (excluding diaryl/α,β-unsaturated/α-hetero) is 1. The number of nitrogens with one attached hydrogen (secondary N) is 1. The maximum Gasteiger partial charge on any atom is 0.338 e. The van der Waals surface area contributed by atoms with E-state index < -0.39 is 119 Å². The van der Waals surface area contributed by atoms with Crippen molar-refractivity contribution < 1.29 is 67.8 Å². The highest BCUT2D eigenvalue weighted by atomic mass is 16.6. The van der Waals surface area contributed by atoms with Crippen molar-refractivity contribution in [1.29, 1.82) is 0 Å². The maximum atomic E-state index is 15.4. The average molecular weight is 820 g/mol. The lowest BCUT2D eigenvalue weighted by molar-refractivity contribution is -0.346. The molecule has 3 fully saturated rings. The molecule has 0 spiro atoms. The molecular formula is C44H53NO14. The van der Waals surface area contributed by atoms with Crippen LogP contribution in [0.15, 0.2) is 71.8 Å². The molecule has 2 bridgehead atoms. The Labute approximate surface area is 342 Å². The standard InChI is InChI=1S/C44H53NO14/c1-22(2)38(51)45-32(26-15-11-9-12-16-26)33(49)40(53)57-28-20-44(54)37(58-39(52)27-17-13-10-14-18-27)35-42(8,29(48)19-30-43(35,21-55-30)59-25(5)47)36(50)34(56-24(4)46)31(23(28)3)41(44,6)7/h9-18,22,28-30,32-35,37,48-49,54H,19-21H2,1-8H3,(H,45,51)/t28-,29-,30+,32-,33+,34+,35-,37-,42+,43-,44+/m0/s1. The van der Waals surface area contributed by atoms with Crippen LogP contribution in [-0.4, -0.2) is 105 Å². The van der Waals surface area contributed by atoms with Crippen LogP contribution in [0.2, 0.25) is 0 Å². The maximum absolute atomic E-state index is 15.4. The van der Waals surface area contributed by atoms with E-state index in [0.29, 0.717) is 5.56 Å². The van der Waals surface area contributed by atoms with Gasteiger partial charge in [0.05, 0.1) is 35.6 Å². The zero-order valence-corrected chi connectivity index (χ0v) is 34.4. The zero-order valence-electron chi connectivity index (χ0n) is 34.4. The first-order chi connectivity index (χ1) is 27.6. The lowest BCUT2D eigenvalue weighted by Gasteiger charge is -2.67. The molecule has 1 saturated heterocycles. The number of aliphatic hydroxyl groups excluding tert-OH is 2. The van der Waals surface area contributed by atoms with Crippen molar-refractivity contribution in [2.24, 2.45) is 22.7 Å². The van der Waals surface area contributed by atoms with E-state index >= 15 is 4.79 Å². The summed E-state index contributed by atoms with van der Waals surface area (Å²) in [6, 6.07) is 14.9. The van der Waals surface area contributed by atoms with Crippen molar-refractivity contribution in [3.8, 4) is 0 Å². The molecule has 2 aromatic rings. The fraction of sp³-hybridized carbons (Fsp3) is 0.545. The summed E-state index contributed by atoms with van der Waals surface area (Å²) in [7, 11) is 0. The van der Waals surface area contributed by atoms with E-state index in [0.717, 1.165) is 13.8 Å². The highest BCUT2D eigenvalue weighted by Gasteiger charge is 2.78. The molecule has 1 amide bonds. The number of ketones is 1. The van der Waals surface area contributed by atoms with Crippen LogP contribution in [0.5, 0.6) is 0 Å². The van der Waals surface area contributed by atoms with Crippen molar-refractivity contribution in [2.75, 3.05) is 6.61 Å². The molecule has 1 aliphatic heterocycles. The third-order valence-electron chi connectivity index (χ3n) is 13.0. The van der Waals surface area contributed by atoms with Crippen LogP contribution in [0.4, 0.5) is 0 Å². The minimum atomic E-state index is -2.37. The Morgan fingerprint density at radius 2 is 1.51 bits per heavy atom. The molecule has 59 heavy (non-hydrogen) atoms. The van der Waals surface area contributed by atoms with Gasteiger partial charge in [-0.1, -0.05) is 76.2 Å². The topological polar surface area (TPSA) is 221 Å². The lowest BCUT2D eigenvalue weighted by atomic mass is 9.44. The lowest BCUT2D eigenvalue weighted by Crippen LogP contribution is -2.82. The van der Waals surface area contributed by atoms with Gasteiger partial charge in [-0.3, -0.25) is 19.2 Å². The van der Waals surface area contributed by atoms with Crippen molar-refractivity contribution >= 4 is 35.6 Å². The third kappa shape index (κ3) is 7.25. The fourth-order valence-corrected chi connectivity index (χ4v) is 9.69. The molecule has 6 rings (SSSR count). The molecule has 2 aromatic carbocycles. The normalized spacial score (nSPS) is 33.1. The Morgan fingerprint density at radius 3 is 2.05 bits per heavy atom. The fourth-order valence-electron chi connectivity index (χ4n) is 9.69. The summed E-state index contributed by atoms with van der Waals surface area (Å²) in [5, 5.41) is 39.9. The molecule has 4 N–H and O–H groups in total. The molecule has 11 atom stereocenters. The van der Waals surface area contributed by atoms with E-state index in [-0.39, 0.29) is 29.7 Å². The number of carbonyl (C=O) groups is 6. The van der Waals surface area contributed by atoms with Gasteiger partial charge < -0.3 is 44.3 Å². The van der Waals surface area contributed by atoms with Crippen LogP contribution in [0.1, 0.15) is 90.2 Å². The number of esters is 4. The van der Waals surface area contributed by atoms with Gasteiger partial charge in [0.2, 0.25) is 5.91 Å². The SMILES string of the molecule is CC(=O)O[C@H]1C(=O)[C@@]2(C)[C@H]([C@H](OC(=O)c3ccccc3)[C@]3(O)C[C@H](OC(=O)[C@H](O)[C@@H](NC(=O)C(C)C)c4ccccc4)C(C)=C1C3(C)C)[C@]1(OC(C)=O)CO[C@@H]1C[C@@H]2O. The highest BCUT2D eigenvalue weighted by molar-refractivity contribution is 5.95. The van der Waals surface area contributed by atoms with E-state index in [9.17, 15) is 39.3 Å². The van der Waals surface area contributed by atoms with Crippen LogP contribution in [-0.2, 0) is 47.7 Å². The molecule has 15 nitrogen and oxygen atoms in total. The number of benzene rings is 2. The highest BCUT2D eigenvalue weighted by Crippen LogP contribution is 2.64. The Morgan fingerprint density at radius 1 is 0.898 bits per heavy atom. The van der Waals surface area contributed by atoms with E-state index in [1.807, 2.05) is 0 Å². The molecule has 318 valence electrons. The average Bonchev–Trinajstić information content (AvgIpc) is 3.18. The predicted molar refractivity (Wildman–Crippen MR) is 207 cm³/mol. The van der Waals surface area contributed by atoms with Crippen molar-refractivity contribution in [3.05, 3.63) is 82.9 Å². The van der Waals surface area contributed by atoms with Crippen molar-refractivity contribution in [1.82, 2.24) is 5.32 Å². The molecule has 0 radical (unpaired) electrons. The van der Waals surface area contributed by atoms with Gasteiger partial charge in [0, 0.05) is 38.0 Å². The molecule has 1 heterocycles. The predicted octanol–water partition coefficient (Wildman–Crippen LogP) is 3.08. The van der Waals surface area contributed by atoms with Crippen LogP contribution in [0, 0.1) is 22.7 Å². The summed E-state index contributed by atoms with van der Waals surface area (Å²) in [6.45, 7) is 11.3. The minimum Gasteiger partial charge on any atom is -0.456 e. The van der Waals surface area contributed by atoms with Crippen LogP contribution >= 0.6 is 0 Å². The first-order valence-corrected chi connectivity index (χ1v) is 19.8. The quantitative estimate of drug-likeness (QED) is 0.154. The zero-order chi connectivity index (χ0) is 43.4. The Bertz CT molecular complexity index is 2030. The molecule has 15 heteroatoms.